The van der Waals surface area contributed by atoms with Crippen molar-refractivity contribution in [1.29, 1.82) is 0 Å². The van der Waals surface area contributed by atoms with Gasteiger partial charge in [0.2, 0.25) is 5.91 Å². The van der Waals surface area contributed by atoms with Crippen molar-refractivity contribution in [2.45, 2.75) is 39.2 Å². The molecule has 22 heavy (non-hydrogen) atoms. The first kappa shape index (κ1) is 18.6. The molecule has 0 saturated heterocycles. The van der Waals surface area contributed by atoms with E-state index in [1.165, 1.54) is 0 Å². The average Bonchev–Trinajstić information content (AvgIpc) is 2.53. The zero-order valence-corrected chi connectivity index (χ0v) is 14.5. The molecule has 0 aliphatic heterocycles. The van der Waals surface area contributed by atoms with Crippen molar-refractivity contribution in [2.24, 2.45) is 0 Å². The number of ether oxygens (including phenoxy) is 2. The van der Waals surface area contributed by atoms with Crippen LogP contribution in [0.3, 0.4) is 0 Å². The number of hydrogen-bond donors (Lipinski definition) is 0. The fraction of sp³-hybridized carbons (Fsp3) is 0.588. The maximum atomic E-state index is 11.9. The van der Waals surface area contributed by atoms with E-state index in [1.54, 1.807) is 19.1 Å². The molecule has 0 radical (unpaired) electrons. The van der Waals surface area contributed by atoms with Gasteiger partial charge in [0, 0.05) is 25.9 Å². The highest BCUT2D eigenvalue weighted by Crippen LogP contribution is 2.28. The van der Waals surface area contributed by atoms with Gasteiger partial charge < -0.3 is 14.4 Å². The third-order valence-electron chi connectivity index (χ3n) is 3.35. The van der Waals surface area contributed by atoms with Crippen LogP contribution in [-0.2, 0) is 11.3 Å². The minimum absolute atomic E-state index is 0.0999. The van der Waals surface area contributed by atoms with E-state index in [-0.39, 0.29) is 5.91 Å². The van der Waals surface area contributed by atoms with Gasteiger partial charge in [-0.3, -0.25) is 4.79 Å². The second-order valence-corrected chi connectivity index (χ2v) is 5.61. The molecule has 0 unspecified atom stereocenters. The first-order valence-electron chi connectivity index (χ1n) is 7.72. The molecule has 0 atom stereocenters. The van der Waals surface area contributed by atoms with Gasteiger partial charge in [-0.25, -0.2) is 0 Å². The van der Waals surface area contributed by atoms with Gasteiger partial charge in [0.05, 0.1) is 13.7 Å². The lowest BCUT2D eigenvalue weighted by atomic mass is 10.2. The second kappa shape index (κ2) is 10.3. The number of carbonyl (C=O) groups is 1. The van der Waals surface area contributed by atoms with E-state index in [0.717, 1.165) is 24.2 Å². The van der Waals surface area contributed by atoms with Crippen molar-refractivity contribution in [1.82, 2.24) is 4.90 Å². The maximum Gasteiger partial charge on any atom is 0.222 e. The molecule has 5 heteroatoms. The van der Waals surface area contributed by atoms with Crippen LogP contribution >= 0.6 is 11.6 Å². The number of halogens is 1. The van der Waals surface area contributed by atoms with Crippen LogP contribution in [0, 0.1) is 0 Å². The summed E-state index contributed by atoms with van der Waals surface area (Å²) in [6.45, 7) is 3.36. The molecule has 0 heterocycles. The molecule has 0 aliphatic carbocycles. The number of alkyl halides is 1. The van der Waals surface area contributed by atoms with Gasteiger partial charge in [0.1, 0.15) is 0 Å². The highest BCUT2D eigenvalue weighted by Gasteiger charge is 2.11. The fourth-order valence-electron chi connectivity index (χ4n) is 2.03. The highest BCUT2D eigenvalue weighted by molar-refractivity contribution is 6.17. The number of benzene rings is 1. The topological polar surface area (TPSA) is 38.8 Å². The van der Waals surface area contributed by atoms with E-state index >= 15 is 0 Å². The number of carbonyl (C=O) groups excluding carboxylic acids is 1. The molecular formula is C17H26ClNO3. The normalized spacial score (nSPS) is 10.4. The summed E-state index contributed by atoms with van der Waals surface area (Å²) in [6.07, 6.45) is 3.30. The molecule has 0 bridgehead atoms. The van der Waals surface area contributed by atoms with Crippen molar-refractivity contribution in [2.75, 3.05) is 26.6 Å². The fourth-order valence-corrected chi connectivity index (χ4v) is 2.16. The summed E-state index contributed by atoms with van der Waals surface area (Å²) in [7, 11) is 3.43. The molecule has 124 valence electrons. The van der Waals surface area contributed by atoms with Crippen molar-refractivity contribution < 1.29 is 14.3 Å². The number of nitrogens with zero attached hydrogens (tertiary/aromatic N) is 1. The van der Waals surface area contributed by atoms with Crippen LogP contribution < -0.4 is 9.47 Å². The van der Waals surface area contributed by atoms with Crippen molar-refractivity contribution >= 4 is 17.5 Å². The Bertz CT molecular complexity index is 465. The van der Waals surface area contributed by atoms with Gasteiger partial charge in [0.25, 0.3) is 0 Å². The number of hydrogen-bond acceptors (Lipinski definition) is 3. The number of methoxy groups -OCH3 is 1. The van der Waals surface area contributed by atoms with Crippen molar-refractivity contribution in [3.8, 4) is 11.5 Å². The van der Waals surface area contributed by atoms with Gasteiger partial charge in [-0.2, -0.15) is 0 Å². The summed E-state index contributed by atoms with van der Waals surface area (Å²) in [6, 6.07) is 5.79. The van der Waals surface area contributed by atoms with Gasteiger partial charge in [-0.15, -0.1) is 11.6 Å². The maximum absolute atomic E-state index is 11.9. The van der Waals surface area contributed by atoms with E-state index in [1.807, 2.05) is 18.2 Å². The molecule has 1 amide bonds. The average molecular weight is 328 g/mol. The Kier molecular flexibility index (Phi) is 8.75. The Morgan fingerprint density at radius 1 is 1.27 bits per heavy atom. The lowest BCUT2D eigenvalue weighted by Gasteiger charge is -2.18. The van der Waals surface area contributed by atoms with Gasteiger partial charge in [-0.05, 0) is 30.5 Å². The first-order chi connectivity index (χ1) is 10.6. The Hall–Kier alpha value is -1.42. The first-order valence-corrected chi connectivity index (χ1v) is 8.25. The zero-order valence-electron chi connectivity index (χ0n) is 13.7. The summed E-state index contributed by atoms with van der Waals surface area (Å²) >= 11 is 5.62. The summed E-state index contributed by atoms with van der Waals surface area (Å²) in [4.78, 5) is 13.6. The van der Waals surface area contributed by atoms with Crippen LogP contribution in [0.15, 0.2) is 18.2 Å². The van der Waals surface area contributed by atoms with Crippen LogP contribution in [-0.4, -0.2) is 37.5 Å². The quantitative estimate of drug-likeness (QED) is 0.484. The predicted octanol–water partition coefficient (Wildman–Crippen LogP) is 3.85. The highest BCUT2D eigenvalue weighted by atomic mass is 35.5. The summed E-state index contributed by atoms with van der Waals surface area (Å²) in [5, 5.41) is 0. The third kappa shape index (κ3) is 6.14. The molecule has 0 N–H and O–H groups in total. The Morgan fingerprint density at radius 2 is 2.05 bits per heavy atom. The SMILES string of the molecule is CCCCOc1ccc(CN(C)C(=O)CCCCl)cc1OC. The van der Waals surface area contributed by atoms with Crippen LogP contribution in [0.25, 0.3) is 0 Å². The molecule has 1 aromatic rings. The van der Waals surface area contributed by atoms with Crippen LogP contribution in [0.4, 0.5) is 0 Å². The van der Waals surface area contributed by atoms with Gasteiger partial charge >= 0.3 is 0 Å². The lowest BCUT2D eigenvalue weighted by molar-refractivity contribution is -0.130. The molecule has 0 spiro atoms. The van der Waals surface area contributed by atoms with E-state index in [2.05, 4.69) is 6.92 Å². The third-order valence-corrected chi connectivity index (χ3v) is 3.62. The number of unbranched alkanes of at least 4 members (excludes halogenated alkanes) is 1. The van der Waals surface area contributed by atoms with Crippen LogP contribution in [0.1, 0.15) is 38.2 Å². The van der Waals surface area contributed by atoms with E-state index in [0.29, 0.717) is 37.6 Å². The zero-order chi connectivity index (χ0) is 16.4. The number of rotatable bonds is 10. The standard InChI is InChI=1S/C17H26ClNO3/c1-4-5-11-22-15-9-8-14(12-16(15)21-3)13-19(2)17(20)7-6-10-18/h8-9,12H,4-7,10-11,13H2,1-3H3. The van der Waals surface area contributed by atoms with Crippen LogP contribution in [0.5, 0.6) is 11.5 Å². The van der Waals surface area contributed by atoms with Gasteiger partial charge in [-0.1, -0.05) is 19.4 Å². The lowest BCUT2D eigenvalue weighted by Crippen LogP contribution is -2.25. The molecule has 1 aromatic carbocycles. The molecule has 0 aliphatic rings. The van der Waals surface area contributed by atoms with Crippen molar-refractivity contribution in [3.05, 3.63) is 23.8 Å². The Labute approximate surface area is 138 Å². The Morgan fingerprint density at radius 3 is 2.68 bits per heavy atom. The summed E-state index contributed by atoms with van der Waals surface area (Å²) < 4.78 is 11.1. The molecular weight excluding hydrogens is 302 g/mol. The molecule has 0 fully saturated rings. The van der Waals surface area contributed by atoms with E-state index in [4.69, 9.17) is 21.1 Å². The molecule has 0 saturated carbocycles. The monoisotopic (exact) mass is 327 g/mol. The molecule has 0 aromatic heterocycles. The minimum atomic E-state index is 0.0999. The molecule has 1 rings (SSSR count). The minimum Gasteiger partial charge on any atom is -0.493 e. The van der Waals surface area contributed by atoms with E-state index < -0.39 is 0 Å². The van der Waals surface area contributed by atoms with Crippen molar-refractivity contribution in [3.63, 3.8) is 0 Å². The predicted molar refractivity (Wildman–Crippen MR) is 89.8 cm³/mol. The van der Waals surface area contributed by atoms with E-state index in [9.17, 15) is 4.79 Å². The summed E-state index contributed by atoms with van der Waals surface area (Å²) in [5.74, 6) is 2.06. The van der Waals surface area contributed by atoms with Gasteiger partial charge in [0.15, 0.2) is 11.5 Å². The Balaban J connectivity index is 2.66. The smallest absolute Gasteiger partial charge is 0.222 e. The van der Waals surface area contributed by atoms with Crippen LogP contribution in [0.2, 0.25) is 0 Å². The largest absolute Gasteiger partial charge is 0.493 e. The molecule has 4 nitrogen and oxygen atoms in total. The second-order valence-electron chi connectivity index (χ2n) is 5.23. The summed E-state index contributed by atoms with van der Waals surface area (Å²) in [5.41, 5.74) is 1.02. The number of amides is 1.